The number of carbonyl (C=O) groups is 3. The molecule has 0 bridgehead atoms. The summed E-state index contributed by atoms with van der Waals surface area (Å²) >= 11 is 0. The van der Waals surface area contributed by atoms with Crippen molar-refractivity contribution in [3.05, 3.63) is 0 Å². The molecule has 1 rings (SSSR count). The highest BCUT2D eigenvalue weighted by Crippen LogP contribution is 2.13. The van der Waals surface area contributed by atoms with Gasteiger partial charge in [-0.2, -0.15) is 0 Å². The van der Waals surface area contributed by atoms with Gasteiger partial charge in [0.15, 0.2) is 0 Å². The highest BCUT2D eigenvalue weighted by Gasteiger charge is 2.38. The Kier molecular flexibility index (Phi) is 5.47. The molecule has 2 unspecified atom stereocenters. The van der Waals surface area contributed by atoms with Crippen molar-refractivity contribution in [3.63, 3.8) is 0 Å². The van der Waals surface area contributed by atoms with Crippen LogP contribution in [0, 0.1) is 5.92 Å². The fourth-order valence-electron chi connectivity index (χ4n) is 1.98. The van der Waals surface area contributed by atoms with E-state index in [1.54, 1.807) is 13.8 Å². The molecular formula is C13H23N3O3. The van der Waals surface area contributed by atoms with Crippen molar-refractivity contribution in [2.45, 2.75) is 46.2 Å². The van der Waals surface area contributed by atoms with E-state index in [4.69, 9.17) is 0 Å². The Morgan fingerprint density at radius 3 is 2.47 bits per heavy atom. The number of imide groups is 1. The number of amides is 3. The van der Waals surface area contributed by atoms with Gasteiger partial charge in [-0.3, -0.25) is 24.6 Å². The Balaban J connectivity index is 2.49. The van der Waals surface area contributed by atoms with Gasteiger partial charge < -0.3 is 5.32 Å². The SMILES string of the molecule is CCN1C(=O)CC(NC(C)C(=O)NCC(C)C)C1=O. The molecule has 1 aliphatic heterocycles. The Hall–Kier alpha value is -1.43. The lowest BCUT2D eigenvalue weighted by Gasteiger charge is -2.18. The van der Waals surface area contributed by atoms with E-state index < -0.39 is 12.1 Å². The minimum atomic E-state index is -0.577. The van der Waals surface area contributed by atoms with E-state index in [1.807, 2.05) is 13.8 Å². The van der Waals surface area contributed by atoms with Gasteiger partial charge in [0.25, 0.3) is 0 Å². The van der Waals surface area contributed by atoms with Gasteiger partial charge in [-0.1, -0.05) is 13.8 Å². The van der Waals surface area contributed by atoms with Crippen LogP contribution in [0.2, 0.25) is 0 Å². The summed E-state index contributed by atoms with van der Waals surface area (Å²) in [6.07, 6.45) is 0.133. The lowest BCUT2D eigenvalue weighted by Crippen LogP contribution is -2.49. The van der Waals surface area contributed by atoms with Crippen LogP contribution in [0.25, 0.3) is 0 Å². The van der Waals surface area contributed by atoms with Crippen LogP contribution >= 0.6 is 0 Å². The lowest BCUT2D eigenvalue weighted by atomic mass is 10.2. The van der Waals surface area contributed by atoms with Crippen molar-refractivity contribution < 1.29 is 14.4 Å². The molecule has 0 saturated carbocycles. The molecule has 0 aromatic heterocycles. The molecule has 19 heavy (non-hydrogen) atoms. The van der Waals surface area contributed by atoms with Gasteiger partial charge in [-0.05, 0) is 19.8 Å². The minimum Gasteiger partial charge on any atom is -0.354 e. The first-order valence-corrected chi connectivity index (χ1v) is 6.74. The summed E-state index contributed by atoms with van der Waals surface area (Å²) in [5, 5.41) is 5.72. The number of hydrogen-bond acceptors (Lipinski definition) is 4. The van der Waals surface area contributed by atoms with Crippen LogP contribution in [0.3, 0.4) is 0 Å². The van der Waals surface area contributed by atoms with Crippen LogP contribution in [0.4, 0.5) is 0 Å². The Labute approximate surface area is 113 Å². The maximum Gasteiger partial charge on any atom is 0.246 e. The molecule has 108 valence electrons. The van der Waals surface area contributed by atoms with Crippen molar-refractivity contribution in [1.29, 1.82) is 0 Å². The molecule has 0 aromatic carbocycles. The fraction of sp³-hybridized carbons (Fsp3) is 0.769. The van der Waals surface area contributed by atoms with E-state index in [-0.39, 0.29) is 24.1 Å². The fourth-order valence-corrected chi connectivity index (χ4v) is 1.98. The third-order valence-corrected chi connectivity index (χ3v) is 3.09. The zero-order chi connectivity index (χ0) is 14.6. The number of nitrogens with one attached hydrogen (secondary N) is 2. The van der Waals surface area contributed by atoms with Gasteiger partial charge in [-0.25, -0.2) is 0 Å². The van der Waals surface area contributed by atoms with Crippen LogP contribution in [0.5, 0.6) is 0 Å². The van der Waals surface area contributed by atoms with Crippen molar-refractivity contribution in [1.82, 2.24) is 15.5 Å². The zero-order valence-corrected chi connectivity index (χ0v) is 12.0. The molecule has 2 atom stereocenters. The van der Waals surface area contributed by atoms with Crippen LogP contribution in [0.1, 0.15) is 34.1 Å². The van der Waals surface area contributed by atoms with Crippen molar-refractivity contribution in [2.75, 3.05) is 13.1 Å². The number of nitrogens with zero attached hydrogens (tertiary/aromatic N) is 1. The molecule has 1 aliphatic rings. The van der Waals surface area contributed by atoms with Gasteiger partial charge in [0, 0.05) is 13.1 Å². The molecule has 1 heterocycles. The summed E-state index contributed by atoms with van der Waals surface area (Å²) in [5.41, 5.74) is 0. The molecule has 6 nitrogen and oxygen atoms in total. The van der Waals surface area contributed by atoms with Gasteiger partial charge in [0.2, 0.25) is 17.7 Å². The predicted octanol–water partition coefficient (Wildman–Crippen LogP) is -0.116. The van der Waals surface area contributed by atoms with E-state index in [2.05, 4.69) is 10.6 Å². The lowest BCUT2D eigenvalue weighted by molar-refractivity contribution is -0.138. The zero-order valence-electron chi connectivity index (χ0n) is 12.0. The third kappa shape index (κ3) is 4.02. The maximum atomic E-state index is 11.9. The predicted molar refractivity (Wildman–Crippen MR) is 71.2 cm³/mol. The average molecular weight is 269 g/mol. The summed E-state index contributed by atoms with van der Waals surface area (Å²) in [6, 6.07) is -1.07. The number of hydrogen-bond donors (Lipinski definition) is 2. The molecule has 0 aromatic rings. The minimum absolute atomic E-state index is 0.133. The summed E-state index contributed by atoms with van der Waals surface area (Å²) in [7, 11) is 0. The standard InChI is InChI=1S/C13H23N3O3/c1-5-16-11(17)6-10(13(16)19)15-9(4)12(18)14-7-8(2)3/h8-10,15H,5-7H2,1-4H3,(H,14,18). The first kappa shape index (κ1) is 15.6. The number of rotatable bonds is 6. The maximum absolute atomic E-state index is 11.9. The van der Waals surface area contributed by atoms with E-state index in [1.165, 1.54) is 4.90 Å². The molecule has 2 N–H and O–H groups in total. The molecule has 1 saturated heterocycles. The molecule has 0 spiro atoms. The smallest absolute Gasteiger partial charge is 0.246 e. The van der Waals surface area contributed by atoms with Gasteiger partial charge in [0.05, 0.1) is 18.5 Å². The molecule has 0 aliphatic carbocycles. The van der Waals surface area contributed by atoms with Crippen LogP contribution < -0.4 is 10.6 Å². The van der Waals surface area contributed by atoms with Crippen LogP contribution in [-0.2, 0) is 14.4 Å². The summed E-state index contributed by atoms with van der Waals surface area (Å²) in [6.45, 7) is 8.46. The number of carbonyl (C=O) groups excluding carboxylic acids is 3. The second-order valence-corrected chi connectivity index (χ2v) is 5.26. The van der Waals surface area contributed by atoms with Crippen LogP contribution in [0.15, 0.2) is 0 Å². The summed E-state index contributed by atoms with van der Waals surface area (Å²) < 4.78 is 0. The second-order valence-electron chi connectivity index (χ2n) is 5.26. The number of likely N-dealkylation sites (tertiary alicyclic amines) is 1. The highest BCUT2D eigenvalue weighted by molar-refractivity contribution is 6.05. The molecule has 1 fully saturated rings. The Morgan fingerprint density at radius 2 is 2.00 bits per heavy atom. The topological polar surface area (TPSA) is 78.5 Å². The van der Waals surface area contributed by atoms with E-state index in [0.29, 0.717) is 19.0 Å². The summed E-state index contributed by atoms with van der Waals surface area (Å²) in [5.74, 6) is -0.193. The first-order chi connectivity index (χ1) is 8.86. The summed E-state index contributed by atoms with van der Waals surface area (Å²) in [4.78, 5) is 36.4. The van der Waals surface area contributed by atoms with E-state index in [0.717, 1.165) is 0 Å². The molecule has 0 radical (unpaired) electrons. The quantitative estimate of drug-likeness (QED) is 0.659. The highest BCUT2D eigenvalue weighted by atomic mass is 16.2. The second kappa shape index (κ2) is 6.65. The van der Waals surface area contributed by atoms with Crippen molar-refractivity contribution in [3.8, 4) is 0 Å². The van der Waals surface area contributed by atoms with Gasteiger partial charge in [0.1, 0.15) is 0 Å². The monoisotopic (exact) mass is 269 g/mol. The van der Waals surface area contributed by atoms with Gasteiger partial charge in [-0.15, -0.1) is 0 Å². The third-order valence-electron chi connectivity index (χ3n) is 3.09. The Bertz CT molecular complexity index is 368. The van der Waals surface area contributed by atoms with Crippen molar-refractivity contribution >= 4 is 17.7 Å². The number of likely N-dealkylation sites (N-methyl/N-ethyl adjacent to an activating group) is 1. The van der Waals surface area contributed by atoms with Crippen LogP contribution in [-0.4, -0.2) is 47.8 Å². The Morgan fingerprint density at radius 1 is 1.37 bits per heavy atom. The van der Waals surface area contributed by atoms with Crippen molar-refractivity contribution in [2.24, 2.45) is 5.92 Å². The molecule has 6 heteroatoms. The normalized spacial score (nSPS) is 21.1. The first-order valence-electron chi connectivity index (χ1n) is 6.74. The average Bonchev–Trinajstić information content (AvgIpc) is 2.60. The van der Waals surface area contributed by atoms with E-state index >= 15 is 0 Å². The van der Waals surface area contributed by atoms with E-state index in [9.17, 15) is 14.4 Å². The molecule has 3 amide bonds. The largest absolute Gasteiger partial charge is 0.354 e. The molecular weight excluding hydrogens is 246 g/mol. The van der Waals surface area contributed by atoms with Gasteiger partial charge >= 0.3 is 0 Å².